The Balaban J connectivity index is 0.000000272. The summed E-state index contributed by atoms with van der Waals surface area (Å²) in [5, 5.41) is 45.6. The predicted molar refractivity (Wildman–Crippen MR) is 97.5 cm³/mol. The van der Waals surface area contributed by atoms with Gasteiger partial charge in [0.2, 0.25) is 0 Å². The first-order valence-electron chi connectivity index (χ1n) is 8.41. The number of hydrogen-bond acceptors (Lipinski definition) is 6. The van der Waals surface area contributed by atoms with Crippen LogP contribution < -0.4 is 29.6 Å². The Morgan fingerprint density at radius 1 is 0.828 bits per heavy atom. The van der Waals surface area contributed by atoms with E-state index in [1.54, 1.807) is 6.07 Å². The predicted octanol–water partition coefficient (Wildman–Crippen LogP) is 0.0474. The molecule has 0 aromatic heterocycles. The fraction of sp³-hybridized carbons (Fsp3) is 0.300. The molecule has 0 spiro atoms. The number of aliphatic carboxylic acids is 1. The third kappa shape index (κ3) is 4.77. The second-order valence-electron chi connectivity index (χ2n) is 6.94. The number of rotatable bonds is 3. The van der Waals surface area contributed by atoms with Crippen molar-refractivity contribution in [3.63, 3.8) is 0 Å². The van der Waals surface area contributed by atoms with E-state index in [1.165, 1.54) is 30.3 Å². The van der Waals surface area contributed by atoms with Crippen LogP contribution >= 0.6 is 0 Å². The van der Waals surface area contributed by atoms with Gasteiger partial charge in [0.25, 0.3) is 5.54 Å². The number of carbonyl (C=O) groups is 1. The van der Waals surface area contributed by atoms with E-state index in [0.29, 0.717) is 18.4 Å². The van der Waals surface area contributed by atoms with Crippen LogP contribution in [0.2, 0.25) is 0 Å². The van der Waals surface area contributed by atoms with Crippen LogP contribution in [-0.4, -0.2) is 37.0 Å². The Hall–Kier alpha value is -2.44. The average Bonchev–Trinajstić information content (AvgIpc) is 3.54. The van der Waals surface area contributed by atoms with E-state index in [2.05, 4.69) is 4.85 Å². The van der Waals surface area contributed by atoms with Crippen LogP contribution in [0.3, 0.4) is 0 Å². The zero-order valence-corrected chi connectivity index (χ0v) is 17.8. The third-order valence-corrected chi connectivity index (χ3v) is 5.14. The van der Waals surface area contributed by atoms with Gasteiger partial charge >= 0.3 is 35.5 Å². The SMILES string of the molecule is O=C(O)C1(c2ccc(O)c(O)c2)CC1.[C-]#[N+]C1(c2ccc(O)c(O)c2)CC1.[Na+].[OH-]. The van der Waals surface area contributed by atoms with Crippen LogP contribution in [0.15, 0.2) is 36.4 Å². The van der Waals surface area contributed by atoms with E-state index in [-0.39, 0.29) is 58.0 Å². The number of phenols is 4. The minimum absolute atomic E-state index is 0. The maximum atomic E-state index is 10.9. The minimum Gasteiger partial charge on any atom is -0.870 e. The van der Waals surface area contributed by atoms with Gasteiger partial charge in [-0.15, -0.1) is 0 Å². The summed E-state index contributed by atoms with van der Waals surface area (Å²) in [5.41, 5.74) is 0.120. The van der Waals surface area contributed by atoms with Crippen molar-refractivity contribution in [1.82, 2.24) is 0 Å². The van der Waals surface area contributed by atoms with Crippen LogP contribution in [0, 0.1) is 6.57 Å². The number of benzene rings is 2. The molecule has 0 atom stereocenters. The van der Waals surface area contributed by atoms with Gasteiger partial charge in [0, 0.05) is 18.4 Å². The van der Waals surface area contributed by atoms with E-state index in [0.717, 1.165) is 18.4 Å². The Bertz CT molecular complexity index is 946. The molecule has 0 radical (unpaired) electrons. The summed E-state index contributed by atoms with van der Waals surface area (Å²) in [5.74, 6) is -1.65. The van der Waals surface area contributed by atoms with Gasteiger partial charge in [-0.25, -0.2) is 6.57 Å². The zero-order chi connectivity index (χ0) is 19.8. The minimum atomic E-state index is -0.873. The maximum absolute atomic E-state index is 10.9. The molecule has 2 aliphatic rings. The van der Waals surface area contributed by atoms with Gasteiger partial charge in [-0.05, 0) is 48.7 Å². The van der Waals surface area contributed by atoms with Crippen LogP contribution in [0.1, 0.15) is 36.8 Å². The van der Waals surface area contributed by atoms with Crippen molar-refractivity contribution in [2.75, 3.05) is 0 Å². The summed E-state index contributed by atoms with van der Waals surface area (Å²) >= 11 is 0. The number of carboxylic acid groups (broad SMARTS) is 1. The van der Waals surface area contributed by atoms with Crippen LogP contribution in [0.5, 0.6) is 23.0 Å². The van der Waals surface area contributed by atoms with Crippen molar-refractivity contribution in [2.45, 2.75) is 36.6 Å². The summed E-state index contributed by atoms with van der Waals surface area (Å²) in [6.45, 7) is 7.01. The van der Waals surface area contributed by atoms with E-state index in [4.69, 9.17) is 21.9 Å². The number of phenolic OH excluding ortho intramolecular Hbond substituents is 4. The van der Waals surface area contributed by atoms with Crippen molar-refractivity contribution < 1.29 is 65.4 Å². The number of aromatic hydroxyl groups is 4. The first-order valence-corrected chi connectivity index (χ1v) is 8.41. The van der Waals surface area contributed by atoms with Crippen molar-refractivity contribution in [3.8, 4) is 23.0 Å². The summed E-state index contributed by atoms with van der Waals surface area (Å²) in [6, 6.07) is 8.76. The normalized spacial score (nSPS) is 16.5. The first-order chi connectivity index (χ1) is 12.7. The van der Waals surface area contributed by atoms with E-state index < -0.39 is 16.9 Å². The fourth-order valence-electron chi connectivity index (χ4n) is 2.97. The van der Waals surface area contributed by atoms with Gasteiger partial charge in [-0.3, -0.25) is 4.79 Å². The topological polar surface area (TPSA) is 153 Å². The molecule has 9 heteroatoms. The van der Waals surface area contributed by atoms with Gasteiger partial charge in [-0.1, -0.05) is 6.07 Å². The second kappa shape index (κ2) is 8.93. The largest absolute Gasteiger partial charge is 1.00 e. The average molecular weight is 409 g/mol. The molecular weight excluding hydrogens is 389 g/mol. The van der Waals surface area contributed by atoms with E-state index in [1.807, 2.05) is 0 Å². The standard InChI is InChI=1S/C10H9NO2.C10H10O4.Na.H2O/c1-11-10(4-5-10)7-2-3-8(12)9(13)6-7;11-7-2-1-6(5-8(7)12)10(3-4-10)9(13)14;;/h2-3,6,12-13H,4-5H2;1-2,5,11-12H,3-4H2,(H,13,14);;1H2/q;;+1;/p-1. The molecular formula is C20H20NNaO7. The van der Waals surface area contributed by atoms with Gasteiger partial charge in [-0.2, -0.15) is 0 Å². The molecule has 0 amide bonds. The molecule has 2 fully saturated rings. The molecule has 0 saturated heterocycles. The van der Waals surface area contributed by atoms with Crippen molar-refractivity contribution in [3.05, 3.63) is 58.9 Å². The molecule has 2 aliphatic carbocycles. The van der Waals surface area contributed by atoms with E-state index in [9.17, 15) is 15.0 Å². The van der Waals surface area contributed by atoms with Gasteiger partial charge < -0.3 is 35.9 Å². The molecule has 0 aliphatic heterocycles. The van der Waals surface area contributed by atoms with Crippen molar-refractivity contribution in [1.29, 1.82) is 0 Å². The molecule has 0 heterocycles. The molecule has 4 rings (SSSR count). The molecule has 2 aromatic carbocycles. The molecule has 29 heavy (non-hydrogen) atoms. The summed E-state index contributed by atoms with van der Waals surface area (Å²) < 4.78 is 0. The van der Waals surface area contributed by atoms with Crippen LogP contribution in [0.25, 0.3) is 4.85 Å². The molecule has 2 aromatic rings. The second-order valence-corrected chi connectivity index (χ2v) is 6.94. The fourth-order valence-corrected chi connectivity index (χ4v) is 2.97. The Morgan fingerprint density at radius 3 is 1.62 bits per heavy atom. The smallest absolute Gasteiger partial charge is 0.870 e. The Kier molecular flexibility index (Phi) is 7.57. The Morgan fingerprint density at radius 2 is 1.28 bits per heavy atom. The van der Waals surface area contributed by atoms with Crippen LogP contribution in [-0.2, 0) is 15.7 Å². The summed E-state index contributed by atoms with van der Waals surface area (Å²) in [4.78, 5) is 14.5. The summed E-state index contributed by atoms with van der Waals surface area (Å²) in [7, 11) is 0. The monoisotopic (exact) mass is 409 g/mol. The molecule has 0 unspecified atom stereocenters. The Labute approximate surface area is 189 Å². The molecule has 2 saturated carbocycles. The number of hydrogen-bond donors (Lipinski definition) is 5. The molecule has 0 bridgehead atoms. The van der Waals surface area contributed by atoms with Crippen molar-refractivity contribution >= 4 is 5.97 Å². The quantitative estimate of drug-likeness (QED) is 0.273. The number of carboxylic acids is 1. The van der Waals surface area contributed by atoms with Crippen molar-refractivity contribution in [2.24, 2.45) is 0 Å². The van der Waals surface area contributed by atoms with Gasteiger partial charge in [0.05, 0.1) is 5.41 Å². The zero-order valence-electron chi connectivity index (χ0n) is 15.8. The van der Waals surface area contributed by atoms with Crippen LogP contribution in [0.4, 0.5) is 0 Å². The maximum Gasteiger partial charge on any atom is 1.00 e. The number of nitrogens with zero attached hydrogens (tertiary/aromatic N) is 1. The van der Waals surface area contributed by atoms with E-state index >= 15 is 0 Å². The molecule has 8 nitrogen and oxygen atoms in total. The molecule has 6 N–H and O–H groups in total. The van der Waals surface area contributed by atoms with Gasteiger partial charge in [0.1, 0.15) is 0 Å². The first kappa shape index (κ1) is 24.6. The van der Waals surface area contributed by atoms with Gasteiger partial charge in [0.15, 0.2) is 23.0 Å². The summed E-state index contributed by atoms with van der Waals surface area (Å²) in [6.07, 6.45) is 2.88. The molecule has 148 valence electrons. The third-order valence-electron chi connectivity index (χ3n) is 5.14.